The zero-order chi connectivity index (χ0) is 9.42. The molecule has 0 unspecified atom stereocenters. The van der Waals surface area contributed by atoms with Gasteiger partial charge in [-0.2, -0.15) is 0 Å². The summed E-state index contributed by atoms with van der Waals surface area (Å²) < 4.78 is 5.28. The standard InChI is InChI=1S/C9H8ClNO2/c10-6-1-2-7-5(3-4-13-7)8(6)9(11)12/h1-2H,3-4H2,(H2,11,12). The molecule has 68 valence electrons. The van der Waals surface area contributed by atoms with Gasteiger partial charge in [-0.1, -0.05) is 11.6 Å². The van der Waals surface area contributed by atoms with Gasteiger partial charge < -0.3 is 10.5 Å². The predicted molar refractivity (Wildman–Crippen MR) is 49.2 cm³/mol. The smallest absolute Gasteiger partial charge is 0.250 e. The average molecular weight is 198 g/mol. The number of primary amides is 1. The van der Waals surface area contributed by atoms with E-state index in [0.717, 1.165) is 11.3 Å². The molecule has 0 atom stereocenters. The molecule has 3 nitrogen and oxygen atoms in total. The van der Waals surface area contributed by atoms with E-state index in [9.17, 15) is 4.79 Å². The van der Waals surface area contributed by atoms with Crippen LogP contribution in [0.5, 0.6) is 5.75 Å². The predicted octanol–water partition coefficient (Wildman–Crippen LogP) is 1.37. The first-order valence-electron chi connectivity index (χ1n) is 3.94. The van der Waals surface area contributed by atoms with E-state index in [1.165, 1.54) is 0 Å². The van der Waals surface area contributed by atoms with Gasteiger partial charge in [0.25, 0.3) is 5.91 Å². The summed E-state index contributed by atoms with van der Waals surface area (Å²) in [4.78, 5) is 11.1. The highest BCUT2D eigenvalue weighted by Crippen LogP contribution is 2.32. The molecule has 1 aromatic rings. The number of carbonyl (C=O) groups is 1. The maximum atomic E-state index is 11.1. The average Bonchev–Trinajstić information content (AvgIpc) is 2.50. The van der Waals surface area contributed by atoms with Crippen molar-refractivity contribution in [2.45, 2.75) is 6.42 Å². The highest BCUT2D eigenvalue weighted by atomic mass is 35.5. The van der Waals surface area contributed by atoms with E-state index in [1.54, 1.807) is 12.1 Å². The lowest BCUT2D eigenvalue weighted by Gasteiger charge is -2.04. The maximum absolute atomic E-state index is 11.1. The van der Waals surface area contributed by atoms with E-state index in [-0.39, 0.29) is 0 Å². The number of fused-ring (bicyclic) bond motifs is 1. The van der Waals surface area contributed by atoms with Crippen molar-refractivity contribution in [3.05, 3.63) is 28.3 Å². The normalized spacial score (nSPS) is 13.6. The number of hydrogen-bond donors (Lipinski definition) is 1. The second-order valence-electron chi connectivity index (χ2n) is 2.86. The minimum absolute atomic E-state index is 0.400. The van der Waals surface area contributed by atoms with Crippen molar-refractivity contribution in [3.63, 3.8) is 0 Å². The minimum atomic E-state index is -0.493. The number of halogens is 1. The minimum Gasteiger partial charge on any atom is -0.493 e. The Kier molecular flexibility index (Phi) is 1.88. The second-order valence-corrected chi connectivity index (χ2v) is 3.27. The third-order valence-electron chi connectivity index (χ3n) is 2.08. The molecule has 0 aromatic heterocycles. The zero-order valence-electron chi connectivity index (χ0n) is 6.84. The topological polar surface area (TPSA) is 52.3 Å². The molecule has 2 rings (SSSR count). The van der Waals surface area contributed by atoms with Gasteiger partial charge in [0.2, 0.25) is 0 Å². The lowest BCUT2D eigenvalue weighted by molar-refractivity contribution is 0.0999. The molecule has 0 radical (unpaired) electrons. The van der Waals surface area contributed by atoms with Gasteiger partial charge in [0.05, 0.1) is 17.2 Å². The molecule has 0 saturated heterocycles. The van der Waals surface area contributed by atoms with Gasteiger partial charge in [-0.3, -0.25) is 4.79 Å². The van der Waals surface area contributed by atoms with Crippen molar-refractivity contribution < 1.29 is 9.53 Å². The van der Waals surface area contributed by atoms with Crippen molar-refractivity contribution in [2.75, 3.05) is 6.61 Å². The zero-order valence-corrected chi connectivity index (χ0v) is 7.60. The summed E-state index contributed by atoms with van der Waals surface area (Å²) in [6, 6.07) is 3.39. The van der Waals surface area contributed by atoms with Crippen LogP contribution in [-0.4, -0.2) is 12.5 Å². The summed E-state index contributed by atoms with van der Waals surface area (Å²) in [5.74, 6) is 0.227. The van der Waals surface area contributed by atoms with E-state index in [1.807, 2.05) is 0 Å². The van der Waals surface area contributed by atoms with Gasteiger partial charge in [-0.15, -0.1) is 0 Å². The van der Waals surface area contributed by atoms with Gasteiger partial charge in [-0.05, 0) is 12.1 Å². The third-order valence-corrected chi connectivity index (χ3v) is 2.39. The van der Waals surface area contributed by atoms with Crippen LogP contribution in [0.1, 0.15) is 15.9 Å². The van der Waals surface area contributed by atoms with Crippen LogP contribution in [0.2, 0.25) is 5.02 Å². The number of ether oxygens (including phenoxy) is 1. The van der Waals surface area contributed by atoms with Crippen LogP contribution in [0.4, 0.5) is 0 Å². The first kappa shape index (κ1) is 8.38. The molecule has 0 aliphatic carbocycles. The number of rotatable bonds is 1. The molecule has 1 aliphatic heterocycles. The molecular formula is C9H8ClNO2. The molecule has 0 fully saturated rings. The summed E-state index contributed by atoms with van der Waals surface area (Å²) in [6.07, 6.45) is 0.703. The molecule has 1 amide bonds. The van der Waals surface area contributed by atoms with E-state index >= 15 is 0 Å². The van der Waals surface area contributed by atoms with Gasteiger partial charge in [0, 0.05) is 12.0 Å². The van der Waals surface area contributed by atoms with Crippen molar-refractivity contribution in [1.82, 2.24) is 0 Å². The van der Waals surface area contributed by atoms with Gasteiger partial charge in [-0.25, -0.2) is 0 Å². The molecule has 1 aromatic carbocycles. The summed E-state index contributed by atoms with van der Waals surface area (Å²) in [7, 11) is 0. The molecule has 2 N–H and O–H groups in total. The summed E-state index contributed by atoms with van der Waals surface area (Å²) in [6.45, 7) is 0.593. The van der Waals surface area contributed by atoms with Crippen molar-refractivity contribution in [3.8, 4) is 5.75 Å². The Morgan fingerprint density at radius 3 is 3.00 bits per heavy atom. The first-order valence-corrected chi connectivity index (χ1v) is 4.32. The Hall–Kier alpha value is -1.22. The molecule has 0 bridgehead atoms. The summed E-state index contributed by atoms with van der Waals surface area (Å²) in [5.41, 5.74) is 6.44. The van der Waals surface area contributed by atoms with Crippen molar-refractivity contribution in [1.29, 1.82) is 0 Å². The summed E-state index contributed by atoms with van der Waals surface area (Å²) in [5, 5.41) is 0.400. The first-order chi connectivity index (χ1) is 6.20. The Morgan fingerprint density at radius 1 is 1.54 bits per heavy atom. The summed E-state index contributed by atoms with van der Waals surface area (Å²) >= 11 is 5.85. The van der Waals surface area contributed by atoms with E-state index in [4.69, 9.17) is 22.1 Å². The lowest BCUT2D eigenvalue weighted by atomic mass is 10.0. The van der Waals surface area contributed by atoms with Crippen molar-refractivity contribution in [2.24, 2.45) is 5.73 Å². The monoisotopic (exact) mass is 197 g/mol. The molecule has 0 spiro atoms. The second kappa shape index (κ2) is 2.92. The SMILES string of the molecule is NC(=O)c1c(Cl)ccc2c1CCO2. The number of benzene rings is 1. The van der Waals surface area contributed by atoms with E-state index in [0.29, 0.717) is 23.6 Å². The fourth-order valence-corrected chi connectivity index (χ4v) is 1.78. The van der Waals surface area contributed by atoms with E-state index in [2.05, 4.69) is 0 Å². The van der Waals surface area contributed by atoms with E-state index < -0.39 is 5.91 Å². The lowest BCUT2D eigenvalue weighted by Crippen LogP contribution is -2.13. The van der Waals surface area contributed by atoms with Crippen molar-refractivity contribution >= 4 is 17.5 Å². The highest BCUT2D eigenvalue weighted by molar-refractivity contribution is 6.34. The Labute approximate surface area is 80.4 Å². The number of amides is 1. The van der Waals surface area contributed by atoms with Gasteiger partial charge >= 0.3 is 0 Å². The quantitative estimate of drug-likeness (QED) is 0.740. The van der Waals surface area contributed by atoms with Gasteiger partial charge in [0.15, 0.2) is 0 Å². The fourth-order valence-electron chi connectivity index (χ4n) is 1.51. The molecule has 4 heteroatoms. The van der Waals surface area contributed by atoms with Crippen LogP contribution >= 0.6 is 11.6 Å². The molecule has 1 heterocycles. The number of carbonyl (C=O) groups excluding carboxylic acids is 1. The van der Waals surface area contributed by atoms with Crippen LogP contribution in [0.3, 0.4) is 0 Å². The van der Waals surface area contributed by atoms with Crippen LogP contribution in [0.15, 0.2) is 12.1 Å². The fraction of sp³-hybridized carbons (Fsp3) is 0.222. The molecular weight excluding hydrogens is 190 g/mol. The molecule has 0 saturated carbocycles. The Bertz CT molecular complexity index is 376. The van der Waals surface area contributed by atoms with Crippen LogP contribution < -0.4 is 10.5 Å². The maximum Gasteiger partial charge on any atom is 0.250 e. The Balaban J connectivity index is 2.65. The van der Waals surface area contributed by atoms with Crippen LogP contribution in [0.25, 0.3) is 0 Å². The van der Waals surface area contributed by atoms with Crippen LogP contribution in [-0.2, 0) is 6.42 Å². The molecule has 1 aliphatic rings. The number of nitrogens with two attached hydrogens (primary N) is 1. The highest BCUT2D eigenvalue weighted by Gasteiger charge is 2.21. The number of hydrogen-bond acceptors (Lipinski definition) is 2. The molecule has 13 heavy (non-hydrogen) atoms. The van der Waals surface area contributed by atoms with Gasteiger partial charge in [0.1, 0.15) is 5.75 Å². The Morgan fingerprint density at radius 2 is 2.31 bits per heavy atom. The third kappa shape index (κ3) is 1.25. The van der Waals surface area contributed by atoms with Crippen LogP contribution in [0, 0.1) is 0 Å². The largest absolute Gasteiger partial charge is 0.493 e.